The number of hydrogen-bond donors (Lipinski definition) is 1. The lowest BCUT2D eigenvalue weighted by molar-refractivity contribution is 0.691. The van der Waals surface area contributed by atoms with E-state index in [-0.39, 0.29) is 6.04 Å². The summed E-state index contributed by atoms with van der Waals surface area (Å²) in [4.78, 5) is 0. The van der Waals surface area contributed by atoms with E-state index < -0.39 is 0 Å². The van der Waals surface area contributed by atoms with E-state index in [1.165, 1.54) is 5.56 Å². The molecule has 0 spiro atoms. The summed E-state index contributed by atoms with van der Waals surface area (Å²) in [5.74, 6) is 0. The Morgan fingerprint density at radius 1 is 1.00 bits per heavy atom. The first kappa shape index (κ1) is 15.0. The smallest absolute Gasteiger partial charge is 0.0575 e. The van der Waals surface area contributed by atoms with Crippen LogP contribution < -0.4 is 5.32 Å². The third-order valence-electron chi connectivity index (χ3n) is 3.04. The van der Waals surface area contributed by atoms with Crippen LogP contribution in [0.25, 0.3) is 0 Å². The Morgan fingerprint density at radius 3 is 2.16 bits per heavy atom. The van der Waals surface area contributed by atoms with Gasteiger partial charge in [-0.15, -0.1) is 0 Å². The second-order valence-electron chi connectivity index (χ2n) is 4.43. The van der Waals surface area contributed by atoms with E-state index in [9.17, 15) is 0 Å². The molecule has 2 rings (SSSR count). The average Bonchev–Trinajstić information content (AvgIpc) is 2.33. The van der Waals surface area contributed by atoms with Crippen LogP contribution in [0.5, 0.6) is 0 Å². The number of benzene rings is 2. The quantitative estimate of drug-likeness (QED) is 0.715. The van der Waals surface area contributed by atoms with Gasteiger partial charge < -0.3 is 5.32 Å². The lowest BCUT2D eigenvalue weighted by Gasteiger charge is -2.18. The fourth-order valence-electron chi connectivity index (χ4n) is 2.06. The zero-order chi connectivity index (χ0) is 14.0. The van der Waals surface area contributed by atoms with Crippen molar-refractivity contribution in [2.75, 3.05) is 7.05 Å². The summed E-state index contributed by atoms with van der Waals surface area (Å²) in [6.07, 6.45) is 0. The van der Waals surface area contributed by atoms with Crippen molar-refractivity contribution in [3.05, 3.63) is 67.1 Å². The Labute approximate surface area is 135 Å². The van der Waals surface area contributed by atoms with Gasteiger partial charge >= 0.3 is 0 Å². The van der Waals surface area contributed by atoms with Gasteiger partial charge in [-0.2, -0.15) is 0 Å². The predicted octanol–water partition coefficient (Wildman–Crippen LogP) is 5.48. The topological polar surface area (TPSA) is 12.0 Å². The molecule has 0 saturated carbocycles. The maximum Gasteiger partial charge on any atom is 0.0575 e. The molecule has 1 atom stereocenters. The standard InChI is InChI=1S/C15H14Br2ClN/c1-9-3-4-10(7-14(9)18)15(19-2)11-5-12(16)8-13(17)6-11/h3-8,15,19H,1-2H3. The molecule has 0 aliphatic heterocycles. The van der Waals surface area contributed by atoms with Gasteiger partial charge in [0.2, 0.25) is 0 Å². The second-order valence-corrected chi connectivity index (χ2v) is 6.67. The highest BCUT2D eigenvalue weighted by molar-refractivity contribution is 9.11. The fourth-order valence-corrected chi connectivity index (χ4v) is 3.57. The van der Waals surface area contributed by atoms with Crippen LogP contribution in [0, 0.1) is 6.92 Å². The molecule has 0 radical (unpaired) electrons. The molecule has 4 heteroatoms. The first-order chi connectivity index (χ1) is 9.01. The summed E-state index contributed by atoms with van der Waals surface area (Å²) in [6, 6.07) is 12.5. The van der Waals surface area contributed by atoms with Gasteiger partial charge in [0.15, 0.2) is 0 Å². The van der Waals surface area contributed by atoms with Gasteiger partial charge in [0.25, 0.3) is 0 Å². The van der Waals surface area contributed by atoms with Crippen molar-refractivity contribution in [2.24, 2.45) is 0 Å². The van der Waals surface area contributed by atoms with Gasteiger partial charge in [-0.25, -0.2) is 0 Å². The molecule has 0 aromatic heterocycles. The molecule has 0 fully saturated rings. The molecule has 2 aromatic rings. The van der Waals surface area contributed by atoms with Crippen molar-refractivity contribution in [3.63, 3.8) is 0 Å². The highest BCUT2D eigenvalue weighted by atomic mass is 79.9. The van der Waals surface area contributed by atoms with Crippen molar-refractivity contribution < 1.29 is 0 Å². The maximum absolute atomic E-state index is 6.22. The molecule has 1 nitrogen and oxygen atoms in total. The minimum absolute atomic E-state index is 0.117. The van der Waals surface area contributed by atoms with Crippen molar-refractivity contribution in [1.29, 1.82) is 0 Å². The van der Waals surface area contributed by atoms with E-state index >= 15 is 0 Å². The van der Waals surface area contributed by atoms with E-state index in [1.807, 2.05) is 26.1 Å². The first-order valence-corrected chi connectivity index (χ1v) is 7.87. The molecule has 19 heavy (non-hydrogen) atoms. The summed E-state index contributed by atoms with van der Waals surface area (Å²) >= 11 is 13.3. The first-order valence-electron chi connectivity index (χ1n) is 5.90. The summed E-state index contributed by atoms with van der Waals surface area (Å²) < 4.78 is 2.10. The zero-order valence-electron chi connectivity index (χ0n) is 10.7. The lowest BCUT2D eigenvalue weighted by atomic mass is 9.98. The maximum atomic E-state index is 6.22. The fraction of sp³-hybridized carbons (Fsp3) is 0.200. The van der Waals surface area contributed by atoms with Gasteiger partial charge in [-0.3, -0.25) is 0 Å². The molecule has 0 amide bonds. The molecule has 0 bridgehead atoms. The van der Waals surface area contributed by atoms with E-state index in [0.717, 1.165) is 25.1 Å². The number of hydrogen-bond acceptors (Lipinski definition) is 1. The van der Waals surface area contributed by atoms with Crippen LogP contribution in [0.15, 0.2) is 45.3 Å². The highest BCUT2D eigenvalue weighted by Gasteiger charge is 2.14. The summed E-state index contributed by atoms with van der Waals surface area (Å²) in [5, 5.41) is 4.13. The highest BCUT2D eigenvalue weighted by Crippen LogP contribution is 2.30. The molecular formula is C15H14Br2ClN. The molecule has 100 valence electrons. The number of halogens is 3. The number of nitrogens with one attached hydrogen (secondary N) is 1. The molecule has 2 aromatic carbocycles. The van der Waals surface area contributed by atoms with Crippen molar-refractivity contribution in [1.82, 2.24) is 5.32 Å². The molecule has 0 saturated heterocycles. The Kier molecular flexibility index (Phi) is 5.07. The monoisotopic (exact) mass is 401 g/mol. The van der Waals surface area contributed by atoms with Gasteiger partial charge in [0, 0.05) is 14.0 Å². The SMILES string of the molecule is CNC(c1cc(Br)cc(Br)c1)c1ccc(C)c(Cl)c1. The number of aryl methyl sites for hydroxylation is 1. The molecule has 0 aliphatic carbocycles. The third kappa shape index (κ3) is 3.60. The second kappa shape index (κ2) is 6.40. The molecular weight excluding hydrogens is 389 g/mol. The van der Waals surface area contributed by atoms with Crippen LogP contribution in [-0.4, -0.2) is 7.05 Å². The molecule has 0 aliphatic rings. The molecule has 1 N–H and O–H groups in total. The summed E-state index contributed by atoms with van der Waals surface area (Å²) in [5.41, 5.74) is 3.43. The van der Waals surface area contributed by atoms with Crippen LogP contribution in [-0.2, 0) is 0 Å². The largest absolute Gasteiger partial charge is 0.309 e. The normalized spacial score (nSPS) is 12.5. The van der Waals surface area contributed by atoms with Crippen LogP contribution >= 0.6 is 43.5 Å². The third-order valence-corrected chi connectivity index (χ3v) is 4.36. The zero-order valence-corrected chi connectivity index (χ0v) is 14.6. The van der Waals surface area contributed by atoms with Crippen LogP contribution in [0.4, 0.5) is 0 Å². The van der Waals surface area contributed by atoms with Crippen LogP contribution in [0.1, 0.15) is 22.7 Å². The predicted molar refractivity (Wildman–Crippen MR) is 88.9 cm³/mol. The summed E-state index contributed by atoms with van der Waals surface area (Å²) in [7, 11) is 1.95. The van der Waals surface area contributed by atoms with Gasteiger partial charge in [0.1, 0.15) is 0 Å². The van der Waals surface area contributed by atoms with Crippen LogP contribution in [0.2, 0.25) is 5.02 Å². The van der Waals surface area contributed by atoms with Crippen molar-refractivity contribution in [3.8, 4) is 0 Å². The van der Waals surface area contributed by atoms with Crippen molar-refractivity contribution in [2.45, 2.75) is 13.0 Å². The molecule has 0 heterocycles. The van der Waals surface area contributed by atoms with Crippen LogP contribution in [0.3, 0.4) is 0 Å². The van der Waals surface area contributed by atoms with Gasteiger partial charge in [-0.05, 0) is 54.9 Å². The van der Waals surface area contributed by atoms with Gasteiger partial charge in [0.05, 0.1) is 6.04 Å². The minimum Gasteiger partial charge on any atom is -0.309 e. The summed E-state index contributed by atoms with van der Waals surface area (Å²) in [6.45, 7) is 2.01. The Balaban J connectivity index is 2.46. The Morgan fingerprint density at radius 2 is 1.63 bits per heavy atom. The van der Waals surface area contributed by atoms with Crippen molar-refractivity contribution >= 4 is 43.5 Å². The Hall–Kier alpha value is -0.350. The minimum atomic E-state index is 0.117. The Bertz CT molecular complexity index is 578. The molecule has 1 unspecified atom stereocenters. The van der Waals surface area contributed by atoms with E-state index in [2.05, 4.69) is 61.4 Å². The lowest BCUT2D eigenvalue weighted by Crippen LogP contribution is -2.17. The van der Waals surface area contributed by atoms with E-state index in [1.54, 1.807) is 0 Å². The average molecular weight is 404 g/mol. The van der Waals surface area contributed by atoms with Gasteiger partial charge in [-0.1, -0.05) is 55.6 Å². The van der Waals surface area contributed by atoms with E-state index in [4.69, 9.17) is 11.6 Å². The number of rotatable bonds is 3. The van der Waals surface area contributed by atoms with E-state index in [0.29, 0.717) is 0 Å².